The van der Waals surface area contributed by atoms with E-state index in [0.29, 0.717) is 30.2 Å². The number of hydrogen-bond acceptors (Lipinski definition) is 10. The highest BCUT2D eigenvalue weighted by Crippen LogP contribution is 2.29. The van der Waals surface area contributed by atoms with Crippen LogP contribution in [-0.2, 0) is 0 Å². The minimum absolute atomic E-state index is 0.0000998. The van der Waals surface area contributed by atoms with E-state index < -0.39 is 5.91 Å². The molecule has 1 amide bonds. The molecule has 0 aliphatic rings. The summed E-state index contributed by atoms with van der Waals surface area (Å²) in [5.74, 6) is 0.869. The number of amides is 1. The zero-order chi connectivity index (χ0) is 23.9. The lowest BCUT2D eigenvalue weighted by Crippen LogP contribution is -2.19. The molecule has 4 aromatic rings. The first-order valence-corrected chi connectivity index (χ1v) is 10.4. The van der Waals surface area contributed by atoms with E-state index in [4.69, 9.17) is 15.2 Å². The number of hydrazone groups is 1. The third kappa shape index (κ3) is 4.85. The number of carbonyl (C=O) groups is 1. The molecule has 2 aromatic heterocycles. The van der Waals surface area contributed by atoms with E-state index in [0.717, 1.165) is 11.3 Å². The standard InChI is InChI=1S/C22H22N8O4/c1-3-32-16-10-8-14(9-11-16)13-24-26-22(31)18-19(15-6-5-7-17(12-15)33-4-2)30(29-25-18)21-20(23)27-34-28-21/h5-13H,3-4H2,1-2H3,(H2,23,27)(H,26,31)/b24-13+. The minimum Gasteiger partial charge on any atom is -0.494 e. The van der Waals surface area contributed by atoms with Gasteiger partial charge in [-0.1, -0.05) is 17.3 Å². The summed E-state index contributed by atoms with van der Waals surface area (Å²) < 4.78 is 17.0. The fourth-order valence-corrected chi connectivity index (χ4v) is 3.11. The van der Waals surface area contributed by atoms with Crippen LogP contribution in [0.1, 0.15) is 29.9 Å². The maximum absolute atomic E-state index is 13.0. The van der Waals surface area contributed by atoms with Crippen molar-refractivity contribution in [2.45, 2.75) is 13.8 Å². The van der Waals surface area contributed by atoms with Crippen molar-refractivity contribution in [3.63, 3.8) is 0 Å². The molecular formula is C22H22N8O4. The van der Waals surface area contributed by atoms with Gasteiger partial charge in [-0.3, -0.25) is 4.79 Å². The maximum atomic E-state index is 13.0. The summed E-state index contributed by atoms with van der Waals surface area (Å²) in [5, 5.41) is 19.4. The number of carbonyl (C=O) groups excluding carboxylic acids is 1. The monoisotopic (exact) mass is 462 g/mol. The Balaban J connectivity index is 1.63. The van der Waals surface area contributed by atoms with Gasteiger partial charge in [-0.15, -0.1) is 5.10 Å². The lowest BCUT2D eigenvalue weighted by Gasteiger charge is -2.08. The van der Waals surface area contributed by atoms with Crippen LogP contribution in [0.15, 0.2) is 58.3 Å². The Morgan fingerprint density at radius 3 is 2.59 bits per heavy atom. The zero-order valence-corrected chi connectivity index (χ0v) is 18.5. The van der Waals surface area contributed by atoms with Crippen LogP contribution in [0.25, 0.3) is 17.1 Å². The molecule has 2 heterocycles. The van der Waals surface area contributed by atoms with Crippen molar-refractivity contribution < 1.29 is 18.9 Å². The fraction of sp³-hybridized carbons (Fsp3) is 0.182. The number of ether oxygens (including phenoxy) is 2. The maximum Gasteiger partial charge on any atom is 0.294 e. The molecule has 0 aliphatic heterocycles. The molecule has 0 unspecified atom stereocenters. The molecule has 0 bridgehead atoms. The Morgan fingerprint density at radius 1 is 1.12 bits per heavy atom. The van der Waals surface area contributed by atoms with Gasteiger partial charge in [0, 0.05) is 5.56 Å². The van der Waals surface area contributed by atoms with Crippen LogP contribution in [0.2, 0.25) is 0 Å². The Morgan fingerprint density at radius 2 is 1.88 bits per heavy atom. The number of nitrogens with two attached hydrogens (primary N) is 1. The number of anilines is 1. The molecule has 0 radical (unpaired) electrons. The van der Waals surface area contributed by atoms with Crippen LogP contribution in [0.4, 0.5) is 5.82 Å². The van der Waals surface area contributed by atoms with Crippen LogP contribution in [0, 0.1) is 0 Å². The third-order valence-electron chi connectivity index (χ3n) is 4.57. The highest BCUT2D eigenvalue weighted by atomic mass is 16.6. The van der Waals surface area contributed by atoms with Crippen molar-refractivity contribution in [1.82, 2.24) is 30.7 Å². The number of aromatic nitrogens is 5. The molecular weight excluding hydrogens is 440 g/mol. The van der Waals surface area contributed by atoms with Crippen LogP contribution in [0.5, 0.6) is 11.5 Å². The number of nitrogens with one attached hydrogen (secondary N) is 1. The van der Waals surface area contributed by atoms with E-state index >= 15 is 0 Å². The van der Waals surface area contributed by atoms with E-state index in [-0.39, 0.29) is 17.3 Å². The lowest BCUT2D eigenvalue weighted by atomic mass is 10.1. The van der Waals surface area contributed by atoms with E-state index in [1.54, 1.807) is 24.3 Å². The number of hydrogen-bond donors (Lipinski definition) is 2. The summed E-state index contributed by atoms with van der Waals surface area (Å²) in [4.78, 5) is 13.0. The second-order valence-corrected chi connectivity index (χ2v) is 6.83. The quantitative estimate of drug-likeness (QED) is 0.282. The Labute approximate surface area is 194 Å². The van der Waals surface area contributed by atoms with Crippen molar-refractivity contribution in [3.8, 4) is 28.6 Å². The summed E-state index contributed by atoms with van der Waals surface area (Å²) in [6.07, 6.45) is 1.51. The summed E-state index contributed by atoms with van der Waals surface area (Å²) in [7, 11) is 0. The molecule has 0 fully saturated rings. The van der Waals surface area contributed by atoms with E-state index in [1.807, 2.05) is 38.1 Å². The molecule has 0 saturated heterocycles. The first-order chi connectivity index (χ1) is 16.6. The average Bonchev–Trinajstić information content (AvgIpc) is 3.47. The fourth-order valence-electron chi connectivity index (χ4n) is 3.11. The largest absolute Gasteiger partial charge is 0.494 e. The zero-order valence-electron chi connectivity index (χ0n) is 18.5. The van der Waals surface area contributed by atoms with Gasteiger partial charge in [-0.25, -0.2) is 10.1 Å². The van der Waals surface area contributed by atoms with Gasteiger partial charge in [0.25, 0.3) is 5.91 Å². The molecule has 0 saturated carbocycles. The number of rotatable bonds is 9. The minimum atomic E-state index is -0.583. The molecule has 2 aromatic carbocycles. The third-order valence-corrected chi connectivity index (χ3v) is 4.57. The predicted molar refractivity (Wildman–Crippen MR) is 123 cm³/mol. The van der Waals surface area contributed by atoms with Gasteiger partial charge in [0.05, 0.1) is 19.4 Å². The predicted octanol–water partition coefficient (Wildman–Crippen LogP) is 2.46. The Bertz CT molecular complexity index is 1300. The first kappa shape index (κ1) is 22.5. The average molecular weight is 462 g/mol. The molecule has 0 aliphatic carbocycles. The Hall–Kier alpha value is -4.74. The number of nitrogens with zero attached hydrogens (tertiary/aromatic N) is 6. The van der Waals surface area contributed by atoms with Gasteiger partial charge >= 0.3 is 0 Å². The second-order valence-electron chi connectivity index (χ2n) is 6.83. The van der Waals surface area contributed by atoms with E-state index in [1.165, 1.54) is 10.9 Å². The molecule has 3 N–H and O–H groups in total. The van der Waals surface area contributed by atoms with Crippen LogP contribution in [0.3, 0.4) is 0 Å². The van der Waals surface area contributed by atoms with Crippen LogP contribution in [-0.4, -0.2) is 50.6 Å². The smallest absolute Gasteiger partial charge is 0.294 e. The van der Waals surface area contributed by atoms with Crippen molar-refractivity contribution in [3.05, 3.63) is 59.8 Å². The summed E-state index contributed by atoms with van der Waals surface area (Å²) in [6.45, 7) is 4.85. The molecule has 0 spiro atoms. The molecule has 34 heavy (non-hydrogen) atoms. The summed E-state index contributed by atoms with van der Waals surface area (Å²) >= 11 is 0. The van der Waals surface area contributed by atoms with Gasteiger partial charge < -0.3 is 15.2 Å². The number of nitrogen functional groups attached to an aromatic ring is 1. The van der Waals surface area contributed by atoms with Crippen LogP contribution >= 0.6 is 0 Å². The Kier molecular flexibility index (Phi) is 6.77. The highest BCUT2D eigenvalue weighted by Gasteiger charge is 2.25. The van der Waals surface area contributed by atoms with Gasteiger partial charge in [0.2, 0.25) is 11.6 Å². The molecule has 12 heteroatoms. The van der Waals surface area contributed by atoms with Crippen molar-refractivity contribution in [1.29, 1.82) is 0 Å². The van der Waals surface area contributed by atoms with Gasteiger partial charge in [-0.2, -0.15) is 9.78 Å². The molecule has 4 rings (SSSR count). The topological polar surface area (TPSA) is 156 Å². The van der Waals surface area contributed by atoms with Gasteiger partial charge in [0.15, 0.2) is 5.69 Å². The SMILES string of the molecule is CCOc1ccc(/C=N/NC(=O)c2nnn(-c3nonc3N)c2-c2cccc(OCC)c2)cc1. The first-order valence-electron chi connectivity index (χ1n) is 10.4. The van der Waals surface area contributed by atoms with Gasteiger partial charge in [0.1, 0.15) is 17.2 Å². The van der Waals surface area contributed by atoms with Crippen molar-refractivity contribution in [2.75, 3.05) is 18.9 Å². The van der Waals surface area contributed by atoms with E-state index in [2.05, 4.69) is 35.8 Å². The summed E-state index contributed by atoms with van der Waals surface area (Å²) in [6, 6.07) is 14.4. The molecule has 174 valence electrons. The highest BCUT2D eigenvalue weighted by molar-refractivity contribution is 5.99. The second kappa shape index (κ2) is 10.3. The molecule has 0 atom stereocenters. The number of benzene rings is 2. The van der Waals surface area contributed by atoms with Crippen molar-refractivity contribution >= 4 is 17.9 Å². The molecule has 12 nitrogen and oxygen atoms in total. The van der Waals surface area contributed by atoms with Gasteiger partial charge in [-0.05, 0) is 66.1 Å². The summed E-state index contributed by atoms with van der Waals surface area (Å²) in [5.41, 5.74) is 10.0. The lowest BCUT2D eigenvalue weighted by molar-refractivity contribution is 0.0950. The van der Waals surface area contributed by atoms with Crippen molar-refractivity contribution in [2.24, 2.45) is 5.10 Å². The normalized spacial score (nSPS) is 11.0. The van der Waals surface area contributed by atoms with Crippen LogP contribution < -0.4 is 20.6 Å². The van der Waals surface area contributed by atoms with E-state index in [9.17, 15) is 4.79 Å².